The first-order valence-corrected chi connectivity index (χ1v) is 12.2. The van der Waals surface area contributed by atoms with Crippen LogP contribution in [0.3, 0.4) is 0 Å². The largest absolute Gasteiger partial charge is 0.457 e. The van der Waals surface area contributed by atoms with Crippen LogP contribution in [0.5, 0.6) is 11.5 Å². The summed E-state index contributed by atoms with van der Waals surface area (Å²) < 4.78 is 20.0. The topological polar surface area (TPSA) is 58.4 Å². The Balaban J connectivity index is 1.34. The van der Waals surface area contributed by atoms with E-state index >= 15 is 0 Å². The van der Waals surface area contributed by atoms with Crippen molar-refractivity contribution in [2.24, 2.45) is 0 Å². The Morgan fingerprint density at radius 3 is 2.26 bits per heavy atom. The molecule has 8 heteroatoms. The van der Waals surface area contributed by atoms with Crippen LogP contribution in [-0.2, 0) is 9.47 Å². The van der Waals surface area contributed by atoms with Gasteiger partial charge in [-0.25, -0.2) is 4.98 Å². The molecule has 0 N–H and O–H groups in total. The minimum Gasteiger partial charge on any atom is -0.457 e. The molecule has 1 aliphatic carbocycles. The molecule has 0 atom stereocenters. The number of fused-ring (bicyclic) bond motifs is 1. The minimum absolute atomic E-state index is 0.143. The van der Waals surface area contributed by atoms with Crippen molar-refractivity contribution in [2.75, 3.05) is 13.2 Å². The van der Waals surface area contributed by atoms with E-state index in [2.05, 4.69) is 20.7 Å². The highest BCUT2D eigenvalue weighted by atomic mass is 35.5. The Bertz CT molecular complexity index is 1310. The third kappa shape index (κ3) is 4.05. The summed E-state index contributed by atoms with van der Waals surface area (Å²) in [7, 11) is 0. The average molecular weight is 496 g/mol. The van der Waals surface area contributed by atoms with Crippen LogP contribution < -0.4 is 4.74 Å². The first kappa shape index (κ1) is 21.9. The summed E-state index contributed by atoms with van der Waals surface area (Å²) in [4.78, 5) is 8.79. The molecule has 0 radical (unpaired) electrons. The number of rotatable bonds is 4. The highest BCUT2D eigenvalue weighted by Crippen LogP contribution is 2.44. The molecule has 0 bridgehead atoms. The van der Waals surface area contributed by atoms with Crippen molar-refractivity contribution < 1.29 is 14.2 Å². The Kier molecular flexibility index (Phi) is 5.70. The highest BCUT2D eigenvalue weighted by Gasteiger charge is 2.41. The molecule has 1 aliphatic heterocycles. The molecule has 174 valence electrons. The third-order valence-corrected chi connectivity index (χ3v) is 7.11. The molecule has 2 aliphatic rings. The second-order valence-corrected chi connectivity index (χ2v) is 9.41. The maximum atomic E-state index is 6.59. The van der Waals surface area contributed by atoms with E-state index in [9.17, 15) is 0 Å². The molecular weight excluding hydrogens is 473 g/mol. The number of hydrogen-bond donors (Lipinski definition) is 0. The van der Waals surface area contributed by atoms with Gasteiger partial charge in [-0.1, -0.05) is 41.9 Å². The number of ether oxygens (including phenoxy) is 3. The second kappa shape index (κ2) is 8.86. The zero-order chi connectivity index (χ0) is 23.1. The van der Waals surface area contributed by atoms with Crippen LogP contribution in [0.4, 0.5) is 0 Å². The van der Waals surface area contributed by atoms with Gasteiger partial charge in [-0.15, -0.1) is 0 Å². The number of halogens is 2. The van der Waals surface area contributed by atoms with Crippen molar-refractivity contribution in [3.8, 4) is 22.6 Å². The van der Waals surface area contributed by atoms with Crippen molar-refractivity contribution in [1.82, 2.24) is 14.5 Å². The van der Waals surface area contributed by atoms with Gasteiger partial charge in [-0.05, 0) is 54.3 Å². The minimum atomic E-state index is -0.416. The van der Waals surface area contributed by atoms with E-state index in [-0.39, 0.29) is 11.3 Å². The van der Waals surface area contributed by atoms with Crippen LogP contribution in [0.1, 0.15) is 31.7 Å². The maximum absolute atomic E-state index is 6.59. The predicted molar refractivity (Wildman–Crippen MR) is 132 cm³/mol. The van der Waals surface area contributed by atoms with Crippen LogP contribution in [0, 0.1) is 0 Å². The van der Waals surface area contributed by atoms with E-state index in [1.54, 1.807) is 0 Å². The van der Waals surface area contributed by atoms with Crippen molar-refractivity contribution >= 4 is 34.2 Å². The Morgan fingerprint density at radius 2 is 1.56 bits per heavy atom. The molecule has 4 aromatic rings. The molecule has 6 nitrogen and oxygen atoms in total. The summed E-state index contributed by atoms with van der Waals surface area (Å²) in [6, 6.07) is 17.9. The Hall–Kier alpha value is -2.64. The summed E-state index contributed by atoms with van der Waals surface area (Å²) in [5.74, 6) is 1.14. The van der Waals surface area contributed by atoms with E-state index in [4.69, 9.17) is 37.4 Å². The van der Waals surface area contributed by atoms with Gasteiger partial charge in [0.2, 0.25) is 5.28 Å². The van der Waals surface area contributed by atoms with Gasteiger partial charge in [0.25, 0.3) is 0 Å². The number of para-hydroxylation sites is 1. The third-order valence-electron chi connectivity index (χ3n) is 6.67. The molecule has 1 saturated carbocycles. The summed E-state index contributed by atoms with van der Waals surface area (Å²) in [5.41, 5.74) is 2.72. The molecular formula is C26H23Cl2N3O3. The molecule has 1 saturated heterocycles. The fourth-order valence-electron chi connectivity index (χ4n) is 5.01. The first-order valence-electron chi connectivity index (χ1n) is 11.5. The average Bonchev–Trinajstić information content (AvgIpc) is 3.46. The van der Waals surface area contributed by atoms with Gasteiger partial charge in [0.05, 0.1) is 18.6 Å². The zero-order valence-corrected chi connectivity index (χ0v) is 19.9. The molecule has 2 aromatic heterocycles. The van der Waals surface area contributed by atoms with Gasteiger partial charge in [0.1, 0.15) is 22.3 Å². The fraction of sp³-hybridized carbons (Fsp3) is 0.308. The summed E-state index contributed by atoms with van der Waals surface area (Å²) in [5, 5.41) is 1.30. The van der Waals surface area contributed by atoms with Gasteiger partial charge in [0.15, 0.2) is 5.79 Å². The van der Waals surface area contributed by atoms with Gasteiger partial charge in [-0.3, -0.25) is 0 Å². The van der Waals surface area contributed by atoms with E-state index in [1.807, 2.05) is 54.6 Å². The van der Waals surface area contributed by atoms with Crippen LogP contribution in [0.15, 0.2) is 60.8 Å². The van der Waals surface area contributed by atoms with Crippen molar-refractivity contribution in [1.29, 1.82) is 0 Å². The standard InChI is InChI=1S/C26H23Cl2N3O3/c27-23-22-21(17-6-8-20(9-7-17)34-19-4-2-1-3-5-19)16-31(24(22)30-25(28)29-23)18-10-12-26(13-11-18)32-14-15-33-26/h1-9,16,18H,10-15H2. The van der Waals surface area contributed by atoms with Crippen molar-refractivity contribution in [3.05, 3.63) is 71.2 Å². The van der Waals surface area contributed by atoms with Crippen molar-refractivity contribution in [2.45, 2.75) is 37.5 Å². The number of hydrogen-bond acceptors (Lipinski definition) is 5. The molecule has 1 spiro atoms. The lowest BCUT2D eigenvalue weighted by atomic mass is 9.90. The number of benzene rings is 2. The normalized spacial score (nSPS) is 18.1. The zero-order valence-electron chi connectivity index (χ0n) is 18.4. The summed E-state index contributed by atoms with van der Waals surface area (Å²) >= 11 is 12.8. The predicted octanol–water partition coefficient (Wildman–Crippen LogP) is 7.06. The molecule has 0 amide bonds. The Labute approximate surface area is 207 Å². The van der Waals surface area contributed by atoms with Crippen LogP contribution in [0.2, 0.25) is 10.4 Å². The lowest BCUT2D eigenvalue weighted by Crippen LogP contribution is -2.35. The van der Waals surface area contributed by atoms with Gasteiger partial charge < -0.3 is 18.8 Å². The Morgan fingerprint density at radius 1 is 0.882 bits per heavy atom. The van der Waals surface area contributed by atoms with Gasteiger partial charge in [0, 0.05) is 30.6 Å². The maximum Gasteiger partial charge on any atom is 0.225 e. The smallest absolute Gasteiger partial charge is 0.225 e. The van der Waals surface area contributed by atoms with Gasteiger partial charge >= 0.3 is 0 Å². The molecule has 2 aromatic carbocycles. The molecule has 34 heavy (non-hydrogen) atoms. The molecule has 6 rings (SSSR count). The molecule has 3 heterocycles. The van der Waals surface area contributed by atoms with E-state index < -0.39 is 5.79 Å². The number of nitrogens with zero attached hydrogens (tertiary/aromatic N) is 3. The highest BCUT2D eigenvalue weighted by molar-refractivity contribution is 6.36. The molecule has 0 unspecified atom stereocenters. The first-order chi connectivity index (χ1) is 16.6. The quantitative estimate of drug-likeness (QED) is 0.224. The van der Waals surface area contributed by atoms with Crippen LogP contribution in [0.25, 0.3) is 22.2 Å². The summed E-state index contributed by atoms with van der Waals surface area (Å²) in [6.45, 7) is 1.34. The lowest BCUT2D eigenvalue weighted by Gasteiger charge is -2.36. The van der Waals surface area contributed by atoms with E-state index in [1.165, 1.54) is 0 Å². The fourth-order valence-corrected chi connectivity index (χ4v) is 5.49. The number of aromatic nitrogens is 3. The summed E-state index contributed by atoms with van der Waals surface area (Å²) in [6.07, 6.45) is 5.67. The molecule has 2 fully saturated rings. The van der Waals surface area contributed by atoms with E-state index in [0.29, 0.717) is 18.4 Å². The SMILES string of the molecule is Clc1nc(Cl)c2c(-c3ccc(Oc4ccccc4)cc3)cn(C3CCC4(CC3)OCCO4)c2n1. The van der Waals surface area contributed by atoms with Crippen molar-refractivity contribution in [3.63, 3.8) is 0 Å². The second-order valence-electron chi connectivity index (χ2n) is 8.71. The van der Waals surface area contributed by atoms with Gasteiger partial charge in [-0.2, -0.15) is 4.98 Å². The van der Waals surface area contributed by atoms with Crippen LogP contribution >= 0.6 is 23.2 Å². The monoisotopic (exact) mass is 495 g/mol. The van der Waals surface area contributed by atoms with Crippen LogP contribution in [-0.4, -0.2) is 33.5 Å². The van der Waals surface area contributed by atoms with E-state index in [0.717, 1.165) is 59.3 Å². The lowest BCUT2D eigenvalue weighted by molar-refractivity contribution is -0.181.